The number of halogens is 1. The molecule has 0 radical (unpaired) electrons. The van der Waals surface area contributed by atoms with Crippen LogP contribution in [0.3, 0.4) is 0 Å². The molecule has 0 bridgehead atoms. The molecule has 2 fully saturated rings. The highest BCUT2D eigenvalue weighted by molar-refractivity contribution is 7.89. The molecule has 0 aromatic heterocycles. The van der Waals surface area contributed by atoms with Crippen LogP contribution in [0.2, 0.25) is 5.02 Å². The van der Waals surface area contributed by atoms with E-state index in [0.29, 0.717) is 29.9 Å². The molecule has 0 amide bonds. The number of piperazine rings is 1. The van der Waals surface area contributed by atoms with Crippen molar-refractivity contribution in [3.8, 4) is 0 Å². The van der Waals surface area contributed by atoms with Gasteiger partial charge < -0.3 is 0 Å². The Morgan fingerprint density at radius 2 is 1.30 bits per heavy atom. The fraction of sp³-hybridized carbons (Fsp3) is 0.647. The fourth-order valence-electron chi connectivity index (χ4n) is 3.85. The third-order valence-corrected chi connectivity index (χ3v) is 9.27. The van der Waals surface area contributed by atoms with E-state index in [1.807, 2.05) is 0 Å². The molecule has 0 saturated carbocycles. The van der Waals surface area contributed by atoms with Crippen LogP contribution in [-0.4, -0.2) is 69.0 Å². The largest absolute Gasteiger partial charge is 0.282 e. The van der Waals surface area contributed by atoms with E-state index in [9.17, 15) is 16.8 Å². The summed E-state index contributed by atoms with van der Waals surface area (Å²) in [6.45, 7) is 5.78. The Morgan fingerprint density at radius 1 is 0.815 bits per heavy atom. The number of benzene rings is 1. The van der Waals surface area contributed by atoms with Crippen LogP contribution in [0.15, 0.2) is 29.2 Å². The number of rotatable bonds is 4. The van der Waals surface area contributed by atoms with E-state index in [2.05, 4.69) is 13.8 Å². The van der Waals surface area contributed by atoms with Gasteiger partial charge in [-0.3, -0.25) is 0 Å². The van der Waals surface area contributed by atoms with E-state index in [1.165, 1.54) is 32.9 Å². The molecule has 2 saturated heterocycles. The number of piperidine rings is 1. The van der Waals surface area contributed by atoms with E-state index in [-0.39, 0.29) is 31.1 Å². The Kier molecular flexibility index (Phi) is 6.20. The zero-order chi connectivity index (χ0) is 19.8. The highest BCUT2D eigenvalue weighted by Gasteiger charge is 2.38. The third kappa shape index (κ3) is 4.49. The lowest BCUT2D eigenvalue weighted by Crippen LogP contribution is -2.56. The SMILES string of the molecule is C[C@H]1C[C@H](C)CN(S(=O)(=O)N2CCN(S(=O)(=O)c3ccc(Cl)cc3)CC2)C1. The molecule has 1 aromatic carbocycles. The summed E-state index contributed by atoms with van der Waals surface area (Å²) >= 11 is 5.82. The summed E-state index contributed by atoms with van der Waals surface area (Å²) in [6.07, 6.45) is 1.03. The Bertz CT molecular complexity index is 856. The van der Waals surface area contributed by atoms with Crippen LogP contribution in [0.4, 0.5) is 0 Å². The molecule has 0 unspecified atom stereocenters. The van der Waals surface area contributed by atoms with Crippen LogP contribution in [0.25, 0.3) is 0 Å². The van der Waals surface area contributed by atoms with Gasteiger partial charge in [-0.25, -0.2) is 8.42 Å². The van der Waals surface area contributed by atoms with Crippen molar-refractivity contribution in [1.82, 2.24) is 12.9 Å². The van der Waals surface area contributed by atoms with Crippen molar-refractivity contribution in [2.75, 3.05) is 39.3 Å². The summed E-state index contributed by atoms with van der Waals surface area (Å²) in [5.41, 5.74) is 0. The lowest BCUT2D eigenvalue weighted by atomic mass is 9.94. The quantitative estimate of drug-likeness (QED) is 0.723. The van der Waals surface area contributed by atoms with Crippen LogP contribution < -0.4 is 0 Å². The lowest BCUT2D eigenvalue weighted by Gasteiger charge is -2.39. The summed E-state index contributed by atoms with van der Waals surface area (Å²) in [5, 5.41) is 0.467. The number of sulfonamides is 1. The van der Waals surface area contributed by atoms with Crippen molar-refractivity contribution >= 4 is 31.8 Å². The van der Waals surface area contributed by atoms with E-state index < -0.39 is 20.2 Å². The molecule has 2 aliphatic heterocycles. The molecule has 27 heavy (non-hydrogen) atoms. The minimum absolute atomic E-state index is 0.142. The molecule has 152 valence electrons. The van der Waals surface area contributed by atoms with Gasteiger partial charge in [0.1, 0.15) is 0 Å². The Hall–Kier alpha value is -0.710. The zero-order valence-electron chi connectivity index (χ0n) is 15.6. The standard InChI is InChI=1S/C17H26ClN3O4S2/c1-14-11-15(2)13-21(12-14)27(24,25)20-9-7-19(8-10-20)26(22,23)17-5-3-16(18)4-6-17/h3-6,14-15H,7-13H2,1-2H3/t14-,15-/m0/s1. The first kappa shape index (κ1) is 21.0. The van der Waals surface area contributed by atoms with Gasteiger partial charge in [-0.1, -0.05) is 25.4 Å². The third-order valence-electron chi connectivity index (χ3n) is 5.14. The normalized spacial score (nSPS) is 26.9. The van der Waals surface area contributed by atoms with Crippen LogP contribution in [0.1, 0.15) is 20.3 Å². The molecule has 2 aliphatic rings. The first-order valence-corrected chi connectivity index (χ1v) is 12.3. The average molecular weight is 436 g/mol. The maximum absolute atomic E-state index is 13.0. The predicted molar refractivity (Wildman–Crippen MR) is 105 cm³/mol. The minimum Gasteiger partial charge on any atom is -0.207 e. The number of hydrogen-bond acceptors (Lipinski definition) is 4. The molecule has 0 aliphatic carbocycles. The van der Waals surface area contributed by atoms with E-state index >= 15 is 0 Å². The maximum atomic E-state index is 13.0. The first-order chi connectivity index (χ1) is 12.6. The topological polar surface area (TPSA) is 78.0 Å². The summed E-state index contributed by atoms with van der Waals surface area (Å²) < 4.78 is 55.7. The highest BCUT2D eigenvalue weighted by atomic mass is 35.5. The van der Waals surface area contributed by atoms with Crippen LogP contribution in [0.5, 0.6) is 0 Å². The van der Waals surface area contributed by atoms with Crippen molar-refractivity contribution in [1.29, 1.82) is 0 Å². The monoisotopic (exact) mass is 435 g/mol. The van der Waals surface area contributed by atoms with Crippen LogP contribution in [-0.2, 0) is 20.2 Å². The van der Waals surface area contributed by atoms with Crippen molar-refractivity contribution in [3.63, 3.8) is 0 Å². The van der Waals surface area contributed by atoms with E-state index in [1.54, 1.807) is 4.31 Å². The van der Waals surface area contributed by atoms with Crippen LogP contribution in [0, 0.1) is 11.8 Å². The van der Waals surface area contributed by atoms with E-state index in [4.69, 9.17) is 11.6 Å². The second kappa shape index (κ2) is 7.96. The highest BCUT2D eigenvalue weighted by Crippen LogP contribution is 2.26. The lowest BCUT2D eigenvalue weighted by molar-refractivity contribution is 0.197. The molecule has 0 N–H and O–H groups in total. The van der Waals surface area contributed by atoms with Gasteiger partial charge in [0.15, 0.2) is 0 Å². The maximum Gasteiger partial charge on any atom is 0.282 e. The summed E-state index contributed by atoms with van der Waals surface area (Å²) in [7, 11) is -7.21. The molecule has 1 aromatic rings. The Balaban J connectivity index is 1.68. The van der Waals surface area contributed by atoms with Gasteiger partial charge in [-0.15, -0.1) is 0 Å². The summed E-state index contributed by atoms with van der Waals surface area (Å²) in [5.74, 6) is 0.658. The molecule has 3 rings (SSSR count). The van der Waals surface area contributed by atoms with Gasteiger partial charge in [0, 0.05) is 44.3 Å². The molecule has 7 nitrogen and oxygen atoms in total. The second-order valence-corrected chi connectivity index (χ2v) is 11.8. The smallest absolute Gasteiger partial charge is 0.207 e. The molecule has 0 spiro atoms. The second-order valence-electron chi connectivity index (χ2n) is 7.53. The van der Waals surface area contributed by atoms with Crippen molar-refractivity contribution in [3.05, 3.63) is 29.3 Å². The molecule has 2 atom stereocenters. The minimum atomic E-state index is -3.65. The van der Waals surface area contributed by atoms with E-state index in [0.717, 1.165) is 6.42 Å². The van der Waals surface area contributed by atoms with Gasteiger partial charge in [-0.2, -0.15) is 21.3 Å². The molecular formula is C17H26ClN3O4S2. The Labute approximate surface area is 167 Å². The molecule has 10 heteroatoms. The predicted octanol–water partition coefficient (Wildman–Crippen LogP) is 1.87. The van der Waals surface area contributed by atoms with Crippen molar-refractivity contribution in [2.45, 2.75) is 25.2 Å². The summed E-state index contributed by atoms with van der Waals surface area (Å²) in [4.78, 5) is 0.168. The Morgan fingerprint density at radius 3 is 1.81 bits per heavy atom. The fourth-order valence-corrected chi connectivity index (χ4v) is 7.24. The number of nitrogens with zero attached hydrogens (tertiary/aromatic N) is 3. The van der Waals surface area contributed by atoms with Crippen molar-refractivity contribution in [2.24, 2.45) is 11.8 Å². The summed E-state index contributed by atoms with van der Waals surface area (Å²) in [6, 6.07) is 6.01. The molecule has 2 heterocycles. The first-order valence-electron chi connectivity index (χ1n) is 9.11. The molecular weight excluding hydrogens is 410 g/mol. The van der Waals surface area contributed by atoms with Gasteiger partial charge in [0.2, 0.25) is 10.0 Å². The van der Waals surface area contributed by atoms with Gasteiger partial charge in [0.25, 0.3) is 10.2 Å². The number of hydrogen-bond donors (Lipinski definition) is 0. The van der Waals surface area contributed by atoms with Crippen molar-refractivity contribution < 1.29 is 16.8 Å². The zero-order valence-corrected chi connectivity index (χ0v) is 18.0. The average Bonchev–Trinajstić information content (AvgIpc) is 2.61. The van der Waals surface area contributed by atoms with Gasteiger partial charge >= 0.3 is 0 Å². The van der Waals surface area contributed by atoms with Gasteiger partial charge in [0.05, 0.1) is 4.90 Å². The van der Waals surface area contributed by atoms with Gasteiger partial charge in [-0.05, 0) is 42.5 Å². The van der Waals surface area contributed by atoms with Crippen LogP contribution >= 0.6 is 11.6 Å².